The topological polar surface area (TPSA) is 110 Å². The summed E-state index contributed by atoms with van der Waals surface area (Å²) in [7, 11) is 0. The van der Waals surface area contributed by atoms with Crippen LogP contribution in [0.15, 0.2) is 27.8 Å². The highest BCUT2D eigenvalue weighted by Gasteiger charge is 2.27. The van der Waals surface area contributed by atoms with E-state index in [4.69, 9.17) is 0 Å². The van der Waals surface area contributed by atoms with Crippen molar-refractivity contribution in [1.29, 1.82) is 0 Å². The number of carbonyl (C=O) groups is 1. The van der Waals surface area contributed by atoms with Crippen LogP contribution in [0.2, 0.25) is 0 Å². The predicted octanol–water partition coefficient (Wildman–Crippen LogP) is 0.712. The van der Waals surface area contributed by atoms with Crippen LogP contribution in [-0.2, 0) is 4.79 Å². The zero-order valence-electron chi connectivity index (χ0n) is 12.9. The lowest BCUT2D eigenvalue weighted by Gasteiger charge is -2.14. The van der Waals surface area contributed by atoms with Crippen molar-refractivity contribution >= 4 is 11.9 Å². The summed E-state index contributed by atoms with van der Waals surface area (Å²) in [5.74, 6) is -0.0357. The summed E-state index contributed by atoms with van der Waals surface area (Å²) < 4.78 is 1.16. The molecule has 0 bridgehead atoms. The molecule has 1 unspecified atom stereocenters. The SMILES string of the molecule is Cc1cc(=O)[nH]c(NC(=O)C(C)n2nc(C3CC3)ccc2=O)n1. The third-order valence-electron chi connectivity index (χ3n) is 3.70. The molecule has 1 saturated carbocycles. The molecule has 120 valence electrons. The van der Waals surface area contributed by atoms with Gasteiger partial charge in [-0.2, -0.15) is 5.10 Å². The van der Waals surface area contributed by atoms with Crippen LogP contribution in [-0.4, -0.2) is 25.7 Å². The number of amides is 1. The molecule has 1 amide bonds. The summed E-state index contributed by atoms with van der Waals surface area (Å²) in [6.45, 7) is 3.23. The lowest BCUT2D eigenvalue weighted by atomic mass is 10.2. The number of aryl methyl sites for hydroxylation is 1. The number of nitrogens with zero attached hydrogens (tertiary/aromatic N) is 3. The number of anilines is 1. The molecule has 23 heavy (non-hydrogen) atoms. The zero-order chi connectivity index (χ0) is 16.6. The molecule has 1 atom stereocenters. The van der Waals surface area contributed by atoms with E-state index in [9.17, 15) is 14.4 Å². The minimum atomic E-state index is -0.813. The smallest absolute Gasteiger partial charge is 0.267 e. The molecule has 0 saturated heterocycles. The van der Waals surface area contributed by atoms with Crippen LogP contribution in [0.1, 0.15) is 43.1 Å². The molecule has 0 aliphatic heterocycles. The quantitative estimate of drug-likeness (QED) is 0.863. The van der Waals surface area contributed by atoms with Crippen molar-refractivity contribution in [2.24, 2.45) is 0 Å². The van der Waals surface area contributed by atoms with Crippen molar-refractivity contribution < 1.29 is 4.79 Å². The molecule has 8 nitrogen and oxygen atoms in total. The summed E-state index contributed by atoms with van der Waals surface area (Å²) in [6, 6.07) is 3.65. The Labute approximate surface area is 131 Å². The number of aromatic nitrogens is 4. The number of nitrogens with one attached hydrogen (secondary N) is 2. The Bertz CT molecular complexity index is 866. The molecule has 3 rings (SSSR count). The molecule has 8 heteroatoms. The van der Waals surface area contributed by atoms with Gasteiger partial charge in [0.1, 0.15) is 6.04 Å². The number of carbonyl (C=O) groups excluding carboxylic acids is 1. The maximum atomic E-state index is 12.3. The molecule has 0 radical (unpaired) electrons. The Hall–Kier alpha value is -2.77. The highest BCUT2D eigenvalue weighted by Crippen LogP contribution is 2.38. The first kappa shape index (κ1) is 15.1. The van der Waals surface area contributed by atoms with Crippen molar-refractivity contribution in [2.45, 2.75) is 38.6 Å². The van der Waals surface area contributed by atoms with Crippen molar-refractivity contribution in [3.63, 3.8) is 0 Å². The lowest BCUT2D eigenvalue weighted by molar-refractivity contribution is -0.119. The summed E-state index contributed by atoms with van der Waals surface area (Å²) in [5.41, 5.74) is 0.614. The van der Waals surface area contributed by atoms with E-state index in [1.165, 1.54) is 12.1 Å². The first-order chi connectivity index (χ1) is 10.9. The van der Waals surface area contributed by atoms with Crippen molar-refractivity contribution in [3.05, 3.63) is 50.3 Å². The van der Waals surface area contributed by atoms with E-state index >= 15 is 0 Å². The third kappa shape index (κ3) is 3.36. The average molecular weight is 315 g/mol. The first-order valence-electron chi connectivity index (χ1n) is 7.42. The second-order valence-electron chi connectivity index (χ2n) is 5.72. The Morgan fingerprint density at radius 3 is 2.78 bits per heavy atom. The molecule has 1 aliphatic carbocycles. The average Bonchev–Trinajstić information content (AvgIpc) is 3.30. The fourth-order valence-corrected chi connectivity index (χ4v) is 2.28. The van der Waals surface area contributed by atoms with E-state index in [-0.39, 0.29) is 17.1 Å². The Balaban J connectivity index is 1.83. The summed E-state index contributed by atoms with van der Waals surface area (Å²) in [4.78, 5) is 42.1. The maximum Gasteiger partial charge on any atom is 0.267 e. The van der Waals surface area contributed by atoms with Crippen molar-refractivity contribution in [3.8, 4) is 0 Å². The van der Waals surface area contributed by atoms with E-state index in [1.54, 1.807) is 19.9 Å². The van der Waals surface area contributed by atoms with Gasteiger partial charge in [0.25, 0.3) is 17.0 Å². The van der Waals surface area contributed by atoms with Crippen LogP contribution in [0.25, 0.3) is 0 Å². The van der Waals surface area contributed by atoms with E-state index < -0.39 is 11.9 Å². The molecule has 2 heterocycles. The largest absolute Gasteiger partial charge is 0.294 e. The Kier molecular flexibility index (Phi) is 3.81. The van der Waals surface area contributed by atoms with E-state index in [0.29, 0.717) is 11.6 Å². The minimum absolute atomic E-state index is 0.0539. The highest BCUT2D eigenvalue weighted by atomic mass is 16.2. The standard InChI is InChI=1S/C15H17N5O3/c1-8-7-12(21)17-15(16-8)18-14(23)9(2)20-13(22)6-5-11(19-20)10-3-4-10/h5-7,9-10H,3-4H2,1-2H3,(H2,16,17,18,21,23). The van der Waals surface area contributed by atoms with Crippen LogP contribution >= 0.6 is 0 Å². The normalized spacial score (nSPS) is 15.2. The first-order valence-corrected chi connectivity index (χ1v) is 7.42. The number of H-pyrrole nitrogens is 1. The highest BCUT2D eigenvalue weighted by molar-refractivity contribution is 5.91. The van der Waals surface area contributed by atoms with Gasteiger partial charge in [0, 0.05) is 23.7 Å². The molecule has 2 aromatic rings. The number of hydrogen-bond donors (Lipinski definition) is 2. The van der Waals surface area contributed by atoms with Crippen LogP contribution in [0.4, 0.5) is 5.95 Å². The van der Waals surface area contributed by atoms with Crippen LogP contribution in [0.3, 0.4) is 0 Å². The maximum absolute atomic E-state index is 12.3. The van der Waals surface area contributed by atoms with Gasteiger partial charge in [0.15, 0.2) is 0 Å². The monoisotopic (exact) mass is 315 g/mol. The number of aromatic amines is 1. The number of hydrogen-bond acceptors (Lipinski definition) is 5. The molecule has 1 aliphatic rings. The van der Waals surface area contributed by atoms with Gasteiger partial charge in [-0.3, -0.25) is 24.7 Å². The van der Waals surface area contributed by atoms with E-state index in [2.05, 4.69) is 20.4 Å². The van der Waals surface area contributed by atoms with Crippen molar-refractivity contribution in [2.75, 3.05) is 5.32 Å². The van der Waals surface area contributed by atoms with Gasteiger partial charge in [-0.25, -0.2) is 9.67 Å². The summed E-state index contributed by atoms with van der Waals surface area (Å²) >= 11 is 0. The fraction of sp³-hybridized carbons (Fsp3) is 0.400. The number of rotatable bonds is 4. The molecular formula is C15H17N5O3. The van der Waals surface area contributed by atoms with Gasteiger partial charge in [-0.15, -0.1) is 0 Å². The molecule has 2 N–H and O–H groups in total. The van der Waals surface area contributed by atoms with Crippen LogP contribution in [0, 0.1) is 6.92 Å². The van der Waals surface area contributed by atoms with Gasteiger partial charge >= 0.3 is 0 Å². The summed E-state index contributed by atoms with van der Waals surface area (Å²) in [5, 5.41) is 6.79. The Morgan fingerprint density at radius 1 is 1.39 bits per heavy atom. The Morgan fingerprint density at radius 2 is 2.13 bits per heavy atom. The van der Waals surface area contributed by atoms with Crippen LogP contribution in [0.5, 0.6) is 0 Å². The summed E-state index contributed by atoms with van der Waals surface area (Å²) in [6.07, 6.45) is 2.11. The zero-order valence-corrected chi connectivity index (χ0v) is 12.9. The molecule has 0 spiro atoms. The lowest BCUT2D eigenvalue weighted by Crippen LogP contribution is -2.34. The fourth-order valence-electron chi connectivity index (χ4n) is 2.28. The van der Waals surface area contributed by atoms with Gasteiger partial charge < -0.3 is 0 Å². The molecular weight excluding hydrogens is 298 g/mol. The van der Waals surface area contributed by atoms with Crippen molar-refractivity contribution in [1.82, 2.24) is 19.7 Å². The van der Waals surface area contributed by atoms with Gasteiger partial charge in [-0.05, 0) is 32.8 Å². The second kappa shape index (κ2) is 5.79. The molecule has 2 aromatic heterocycles. The van der Waals surface area contributed by atoms with Gasteiger partial charge in [0.05, 0.1) is 5.69 Å². The second-order valence-corrected chi connectivity index (χ2v) is 5.72. The van der Waals surface area contributed by atoms with Gasteiger partial charge in [-0.1, -0.05) is 0 Å². The van der Waals surface area contributed by atoms with E-state index in [1.807, 2.05) is 0 Å². The van der Waals surface area contributed by atoms with Crippen LogP contribution < -0.4 is 16.4 Å². The predicted molar refractivity (Wildman–Crippen MR) is 83.4 cm³/mol. The van der Waals surface area contributed by atoms with Gasteiger partial charge in [0.2, 0.25) is 5.95 Å². The molecule has 0 aromatic carbocycles. The molecule has 1 fully saturated rings. The minimum Gasteiger partial charge on any atom is -0.294 e. The van der Waals surface area contributed by atoms with E-state index in [0.717, 1.165) is 23.2 Å². The third-order valence-corrected chi connectivity index (χ3v) is 3.70.